The predicted molar refractivity (Wildman–Crippen MR) is 83.4 cm³/mol. The van der Waals surface area contributed by atoms with E-state index >= 15 is 0 Å². The largest absolute Gasteiger partial charge is 0.497 e. The van der Waals surface area contributed by atoms with E-state index in [0.717, 1.165) is 55.2 Å². The molecule has 4 heteroatoms. The lowest BCUT2D eigenvalue weighted by atomic mass is 10.0. The second-order valence-corrected chi connectivity index (χ2v) is 5.33. The first-order valence-electron chi connectivity index (χ1n) is 7.55. The molecule has 0 saturated heterocycles. The zero-order valence-electron chi connectivity index (χ0n) is 12.6. The molecule has 1 aliphatic heterocycles. The first-order chi connectivity index (χ1) is 10.3. The van der Waals surface area contributed by atoms with E-state index in [1.165, 1.54) is 11.3 Å². The molecule has 0 aliphatic carbocycles. The van der Waals surface area contributed by atoms with Gasteiger partial charge < -0.3 is 10.1 Å². The molecule has 0 atom stereocenters. The first-order valence-corrected chi connectivity index (χ1v) is 7.55. The fraction of sp³-hybridized carbons (Fsp3) is 0.412. The van der Waals surface area contributed by atoms with Crippen LogP contribution in [0.2, 0.25) is 0 Å². The molecule has 4 nitrogen and oxygen atoms in total. The summed E-state index contributed by atoms with van der Waals surface area (Å²) in [7, 11) is 1.68. The van der Waals surface area contributed by atoms with Gasteiger partial charge in [0.2, 0.25) is 0 Å². The Kier molecular flexibility index (Phi) is 4.15. The summed E-state index contributed by atoms with van der Waals surface area (Å²) < 4.78 is 5.30. The summed E-state index contributed by atoms with van der Waals surface area (Å²) in [5.74, 6) is 1.64. The molecule has 0 saturated carbocycles. The van der Waals surface area contributed by atoms with Crippen molar-refractivity contribution in [1.29, 1.82) is 0 Å². The van der Waals surface area contributed by atoms with Crippen LogP contribution in [0.5, 0.6) is 5.75 Å². The molecule has 2 heterocycles. The molecular formula is C17H21N3O. The average Bonchev–Trinajstić information content (AvgIpc) is 2.55. The molecule has 2 aromatic rings. The third-order valence-corrected chi connectivity index (χ3v) is 3.84. The van der Waals surface area contributed by atoms with Gasteiger partial charge in [0.15, 0.2) is 5.82 Å². The Morgan fingerprint density at radius 1 is 1.29 bits per heavy atom. The summed E-state index contributed by atoms with van der Waals surface area (Å²) in [5.41, 5.74) is 4.72. The highest BCUT2D eigenvalue weighted by Gasteiger charge is 2.17. The van der Waals surface area contributed by atoms with Crippen molar-refractivity contribution in [3.63, 3.8) is 0 Å². The van der Waals surface area contributed by atoms with Crippen molar-refractivity contribution in [3.8, 4) is 17.1 Å². The normalized spacial score (nSPS) is 13.8. The van der Waals surface area contributed by atoms with Crippen molar-refractivity contribution in [1.82, 2.24) is 15.3 Å². The lowest BCUT2D eigenvalue weighted by molar-refractivity contribution is 0.415. The maximum Gasteiger partial charge on any atom is 0.159 e. The summed E-state index contributed by atoms with van der Waals surface area (Å²) in [6, 6.07) is 7.95. The maximum absolute atomic E-state index is 5.30. The van der Waals surface area contributed by atoms with Gasteiger partial charge in [0.25, 0.3) is 0 Å². The number of ether oxygens (including phenoxy) is 1. The minimum Gasteiger partial charge on any atom is -0.497 e. The van der Waals surface area contributed by atoms with Gasteiger partial charge in [-0.3, -0.25) is 0 Å². The summed E-state index contributed by atoms with van der Waals surface area (Å²) in [5, 5.41) is 3.40. The lowest BCUT2D eigenvalue weighted by Crippen LogP contribution is -2.26. The average molecular weight is 283 g/mol. The number of hydrogen-bond acceptors (Lipinski definition) is 4. The molecule has 0 bridgehead atoms. The Labute approximate surface area is 125 Å². The quantitative estimate of drug-likeness (QED) is 0.937. The van der Waals surface area contributed by atoms with E-state index in [0.29, 0.717) is 0 Å². The Balaban J connectivity index is 2.07. The maximum atomic E-state index is 5.30. The van der Waals surface area contributed by atoms with Gasteiger partial charge in [-0.25, -0.2) is 9.97 Å². The van der Waals surface area contributed by atoms with Crippen molar-refractivity contribution in [2.45, 2.75) is 32.7 Å². The van der Waals surface area contributed by atoms with Gasteiger partial charge in [0, 0.05) is 17.8 Å². The highest BCUT2D eigenvalue weighted by molar-refractivity contribution is 5.58. The zero-order valence-corrected chi connectivity index (χ0v) is 12.6. The molecule has 1 aliphatic rings. The van der Waals surface area contributed by atoms with Gasteiger partial charge in [-0.1, -0.05) is 25.5 Å². The van der Waals surface area contributed by atoms with E-state index in [4.69, 9.17) is 14.7 Å². The molecule has 1 N–H and O–H groups in total. The number of fused-ring (bicyclic) bond motifs is 1. The monoisotopic (exact) mass is 283 g/mol. The minimum absolute atomic E-state index is 0.805. The van der Waals surface area contributed by atoms with Crippen LogP contribution < -0.4 is 10.1 Å². The van der Waals surface area contributed by atoms with Crippen LogP contribution in [0.15, 0.2) is 24.3 Å². The molecule has 110 valence electrons. The highest BCUT2D eigenvalue weighted by Crippen LogP contribution is 2.25. The van der Waals surface area contributed by atoms with E-state index in [9.17, 15) is 0 Å². The Morgan fingerprint density at radius 2 is 2.19 bits per heavy atom. The standard InChI is InChI=1S/C17H21N3O/c1-3-5-15-14-8-9-18-11-16(14)20-17(19-15)12-6-4-7-13(10-12)21-2/h4,6-7,10,18H,3,5,8-9,11H2,1-2H3. The van der Waals surface area contributed by atoms with Crippen LogP contribution in [0.3, 0.4) is 0 Å². The molecule has 0 unspecified atom stereocenters. The smallest absolute Gasteiger partial charge is 0.159 e. The molecule has 0 fully saturated rings. The van der Waals surface area contributed by atoms with E-state index in [-0.39, 0.29) is 0 Å². The van der Waals surface area contributed by atoms with Crippen molar-refractivity contribution in [3.05, 3.63) is 41.2 Å². The number of rotatable bonds is 4. The first kappa shape index (κ1) is 14.0. The van der Waals surface area contributed by atoms with E-state index in [1.54, 1.807) is 7.11 Å². The molecular weight excluding hydrogens is 262 g/mol. The summed E-state index contributed by atoms with van der Waals surface area (Å²) in [6.45, 7) is 4.05. The van der Waals surface area contributed by atoms with E-state index < -0.39 is 0 Å². The third-order valence-electron chi connectivity index (χ3n) is 3.84. The third kappa shape index (κ3) is 2.90. The second-order valence-electron chi connectivity index (χ2n) is 5.33. The van der Waals surface area contributed by atoms with Gasteiger partial charge in [-0.2, -0.15) is 0 Å². The molecule has 1 aromatic carbocycles. The lowest BCUT2D eigenvalue weighted by Gasteiger charge is -2.20. The van der Waals surface area contributed by atoms with Crippen LogP contribution in [-0.4, -0.2) is 23.6 Å². The number of hydrogen-bond donors (Lipinski definition) is 1. The van der Waals surface area contributed by atoms with E-state index in [2.05, 4.69) is 12.2 Å². The number of nitrogens with zero attached hydrogens (tertiary/aromatic N) is 2. The van der Waals surface area contributed by atoms with Gasteiger partial charge in [-0.15, -0.1) is 0 Å². The second kappa shape index (κ2) is 6.22. The van der Waals surface area contributed by atoms with Crippen molar-refractivity contribution < 1.29 is 4.74 Å². The zero-order chi connectivity index (χ0) is 14.7. The van der Waals surface area contributed by atoms with Crippen LogP contribution in [0.1, 0.15) is 30.3 Å². The highest BCUT2D eigenvalue weighted by atomic mass is 16.5. The number of methoxy groups -OCH3 is 1. The number of benzene rings is 1. The summed E-state index contributed by atoms with van der Waals surface area (Å²) >= 11 is 0. The molecule has 21 heavy (non-hydrogen) atoms. The van der Waals surface area contributed by atoms with Crippen LogP contribution in [-0.2, 0) is 19.4 Å². The van der Waals surface area contributed by atoms with Crippen molar-refractivity contribution in [2.24, 2.45) is 0 Å². The number of aromatic nitrogens is 2. The number of aryl methyl sites for hydroxylation is 1. The van der Waals surface area contributed by atoms with Crippen LogP contribution in [0, 0.1) is 0 Å². The van der Waals surface area contributed by atoms with Crippen molar-refractivity contribution >= 4 is 0 Å². The molecule has 1 aromatic heterocycles. The van der Waals surface area contributed by atoms with Crippen molar-refractivity contribution in [2.75, 3.05) is 13.7 Å². The Bertz CT molecular complexity index is 640. The molecule has 3 rings (SSSR count). The summed E-state index contributed by atoms with van der Waals surface area (Å²) in [4.78, 5) is 9.60. The number of nitrogens with one attached hydrogen (secondary N) is 1. The molecule has 0 radical (unpaired) electrons. The van der Waals surface area contributed by atoms with Crippen LogP contribution in [0.25, 0.3) is 11.4 Å². The van der Waals surface area contributed by atoms with Gasteiger partial charge in [0.05, 0.1) is 12.8 Å². The Morgan fingerprint density at radius 3 is 3.00 bits per heavy atom. The Hall–Kier alpha value is -1.94. The van der Waals surface area contributed by atoms with Crippen LogP contribution >= 0.6 is 0 Å². The van der Waals surface area contributed by atoms with E-state index in [1.807, 2.05) is 24.3 Å². The predicted octanol–water partition coefficient (Wildman–Crippen LogP) is 2.75. The fourth-order valence-corrected chi connectivity index (χ4v) is 2.77. The SMILES string of the molecule is CCCc1nc(-c2cccc(OC)c2)nc2c1CCNC2. The molecule has 0 amide bonds. The van der Waals surface area contributed by atoms with Gasteiger partial charge in [-0.05, 0) is 37.1 Å². The summed E-state index contributed by atoms with van der Waals surface area (Å²) in [6.07, 6.45) is 3.15. The van der Waals surface area contributed by atoms with Gasteiger partial charge >= 0.3 is 0 Å². The fourth-order valence-electron chi connectivity index (χ4n) is 2.77. The van der Waals surface area contributed by atoms with Gasteiger partial charge in [0.1, 0.15) is 5.75 Å². The molecule has 0 spiro atoms. The van der Waals surface area contributed by atoms with Crippen LogP contribution in [0.4, 0.5) is 0 Å². The topological polar surface area (TPSA) is 47.0 Å². The minimum atomic E-state index is 0.805.